The zero-order valence-corrected chi connectivity index (χ0v) is 19.9. The van der Waals surface area contributed by atoms with Gasteiger partial charge in [0.25, 0.3) is 11.1 Å². The maximum atomic E-state index is 12.8. The van der Waals surface area contributed by atoms with E-state index in [-0.39, 0.29) is 17.6 Å². The molecule has 0 saturated heterocycles. The van der Waals surface area contributed by atoms with Gasteiger partial charge in [-0.15, -0.1) is 10.2 Å². The molecule has 0 spiro atoms. The number of benzene rings is 2. The average Bonchev–Trinajstić information content (AvgIpc) is 3.32. The lowest BCUT2D eigenvalue weighted by molar-refractivity contribution is -0.113. The highest BCUT2D eigenvalue weighted by Crippen LogP contribution is 2.25. The predicted octanol–water partition coefficient (Wildman–Crippen LogP) is 5.53. The van der Waals surface area contributed by atoms with Crippen LogP contribution in [0.3, 0.4) is 0 Å². The second kappa shape index (κ2) is 10.9. The number of rotatable bonds is 7. The number of hydrogen-bond acceptors (Lipinski definition) is 6. The molecule has 0 unspecified atom stereocenters. The number of amides is 2. The quantitative estimate of drug-likeness (QED) is 0.444. The number of aromatic nitrogens is 2. The first-order valence-corrected chi connectivity index (χ1v) is 12.3. The molecule has 1 saturated carbocycles. The van der Waals surface area contributed by atoms with Crippen molar-refractivity contribution in [1.29, 1.82) is 0 Å². The van der Waals surface area contributed by atoms with E-state index in [1.165, 1.54) is 19.3 Å². The number of carbonyl (C=O) groups excluding carboxylic acids is 2. The molecule has 0 atom stereocenters. The molecule has 7 nitrogen and oxygen atoms in total. The maximum absolute atomic E-state index is 12.8. The molecule has 1 aliphatic rings. The smallest absolute Gasteiger partial charge is 0.277 e. The average molecular weight is 485 g/mol. The molecule has 0 bridgehead atoms. The van der Waals surface area contributed by atoms with Crippen molar-refractivity contribution in [1.82, 2.24) is 15.1 Å². The summed E-state index contributed by atoms with van der Waals surface area (Å²) in [6.07, 6.45) is 5.74. The highest BCUT2D eigenvalue weighted by atomic mass is 35.5. The van der Waals surface area contributed by atoms with Gasteiger partial charge in [-0.1, -0.05) is 42.6 Å². The van der Waals surface area contributed by atoms with Crippen LogP contribution in [-0.4, -0.2) is 45.8 Å². The Balaban J connectivity index is 1.27. The molecule has 1 aromatic heterocycles. The molecule has 1 heterocycles. The first kappa shape index (κ1) is 23.3. The van der Waals surface area contributed by atoms with Crippen LogP contribution in [0.2, 0.25) is 5.02 Å². The van der Waals surface area contributed by atoms with E-state index in [4.69, 9.17) is 16.0 Å². The normalized spacial score (nSPS) is 14.1. The van der Waals surface area contributed by atoms with Crippen LogP contribution in [0.5, 0.6) is 0 Å². The minimum atomic E-state index is -0.204. The van der Waals surface area contributed by atoms with Crippen molar-refractivity contribution in [3.05, 3.63) is 59.1 Å². The van der Waals surface area contributed by atoms with Crippen LogP contribution in [0.15, 0.2) is 58.2 Å². The highest BCUT2D eigenvalue weighted by Gasteiger charge is 2.23. The van der Waals surface area contributed by atoms with Crippen LogP contribution < -0.4 is 5.32 Å². The van der Waals surface area contributed by atoms with E-state index in [1.54, 1.807) is 48.5 Å². The van der Waals surface area contributed by atoms with Crippen molar-refractivity contribution in [3.8, 4) is 11.5 Å². The van der Waals surface area contributed by atoms with E-state index >= 15 is 0 Å². The van der Waals surface area contributed by atoms with Crippen LogP contribution >= 0.6 is 23.4 Å². The van der Waals surface area contributed by atoms with Gasteiger partial charge in [0, 0.05) is 34.9 Å². The fourth-order valence-electron chi connectivity index (χ4n) is 3.84. The molecule has 0 radical (unpaired) electrons. The van der Waals surface area contributed by atoms with Gasteiger partial charge in [-0.3, -0.25) is 9.59 Å². The lowest BCUT2D eigenvalue weighted by Gasteiger charge is -2.31. The summed E-state index contributed by atoms with van der Waals surface area (Å²) >= 11 is 7.05. The molecule has 1 aliphatic carbocycles. The van der Waals surface area contributed by atoms with Crippen LogP contribution in [0.1, 0.15) is 42.5 Å². The molecular weight excluding hydrogens is 460 g/mol. The zero-order valence-electron chi connectivity index (χ0n) is 18.3. The Bertz CT molecular complexity index is 1100. The second-order valence-electron chi connectivity index (χ2n) is 8.00. The van der Waals surface area contributed by atoms with E-state index in [0.717, 1.165) is 30.2 Å². The Hall–Kier alpha value is -2.84. The van der Waals surface area contributed by atoms with Gasteiger partial charge >= 0.3 is 0 Å². The highest BCUT2D eigenvalue weighted by molar-refractivity contribution is 7.99. The van der Waals surface area contributed by atoms with Gasteiger partial charge in [-0.25, -0.2) is 0 Å². The zero-order chi connectivity index (χ0) is 23.2. The molecule has 4 rings (SSSR count). The van der Waals surface area contributed by atoms with Crippen LogP contribution in [0.4, 0.5) is 5.69 Å². The van der Waals surface area contributed by atoms with Crippen molar-refractivity contribution >= 4 is 40.9 Å². The minimum absolute atomic E-state index is 0.0169. The Morgan fingerprint density at radius 3 is 2.45 bits per heavy atom. The second-order valence-corrected chi connectivity index (χ2v) is 9.37. The van der Waals surface area contributed by atoms with E-state index in [2.05, 4.69) is 15.5 Å². The Labute approximate surface area is 201 Å². The van der Waals surface area contributed by atoms with Crippen molar-refractivity contribution in [2.24, 2.45) is 0 Å². The third-order valence-electron chi connectivity index (χ3n) is 5.68. The van der Waals surface area contributed by atoms with Gasteiger partial charge in [0.1, 0.15) is 0 Å². The minimum Gasteiger partial charge on any atom is -0.411 e. The van der Waals surface area contributed by atoms with Gasteiger partial charge in [-0.05, 0) is 61.4 Å². The summed E-state index contributed by atoms with van der Waals surface area (Å²) in [5.74, 6) is 0.300. The lowest BCUT2D eigenvalue weighted by Crippen LogP contribution is -2.38. The summed E-state index contributed by atoms with van der Waals surface area (Å²) in [6.45, 7) is 0. The number of nitrogens with zero attached hydrogens (tertiary/aromatic N) is 3. The van der Waals surface area contributed by atoms with Gasteiger partial charge in [0.05, 0.1) is 5.75 Å². The van der Waals surface area contributed by atoms with E-state index in [0.29, 0.717) is 33.4 Å². The third kappa shape index (κ3) is 6.15. The van der Waals surface area contributed by atoms with E-state index in [9.17, 15) is 9.59 Å². The number of nitrogens with one attached hydrogen (secondary N) is 1. The standard InChI is InChI=1S/C24H25ClN4O3S/c1-29(20-5-3-2-4-6-20)23(31)17-9-13-19(14-10-17)26-21(30)15-33-24-28-27-22(32-24)16-7-11-18(25)12-8-16/h7-14,20H,2-6,15H2,1H3,(H,26,30). The SMILES string of the molecule is CN(C(=O)c1ccc(NC(=O)CSc2nnc(-c3ccc(Cl)cc3)o2)cc1)C1CCCCC1. The fraction of sp³-hybridized carbons (Fsp3) is 0.333. The van der Waals surface area contributed by atoms with Crippen molar-refractivity contribution in [2.75, 3.05) is 18.1 Å². The van der Waals surface area contributed by atoms with Crippen LogP contribution in [-0.2, 0) is 4.79 Å². The van der Waals surface area contributed by atoms with Crippen molar-refractivity contribution in [3.63, 3.8) is 0 Å². The largest absolute Gasteiger partial charge is 0.411 e. The Kier molecular flexibility index (Phi) is 7.67. The van der Waals surface area contributed by atoms with Gasteiger partial charge in [-0.2, -0.15) is 0 Å². The first-order valence-electron chi connectivity index (χ1n) is 10.9. The van der Waals surface area contributed by atoms with Crippen molar-refractivity contribution < 1.29 is 14.0 Å². The van der Waals surface area contributed by atoms with Crippen LogP contribution in [0.25, 0.3) is 11.5 Å². The first-order chi connectivity index (χ1) is 16.0. The fourth-order valence-corrected chi connectivity index (χ4v) is 4.52. The Morgan fingerprint density at radius 1 is 1.06 bits per heavy atom. The monoisotopic (exact) mass is 484 g/mol. The topological polar surface area (TPSA) is 88.3 Å². The van der Waals surface area contributed by atoms with Crippen LogP contribution in [0, 0.1) is 0 Å². The number of anilines is 1. The lowest BCUT2D eigenvalue weighted by atomic mass is 9.94. The predicted molar refractivity (Wildman–Crippen MR) is 130 cm³/mol. The number of carbonyl (C=O) groups is 2. The van der Waals surface area contributed by atoms with Gasteiger partial charge in [0.2, 0.25) is 11.8 Å². The molecule has 2 amide bonds. The summed E-state index contributed by atoms with van der Waals surface area (Å²) in [5, 5.41) is 11.7. The molecule has 3 aromatic rings. The molecular formula is C24H25ClN4O3S. The summed E-state index contributed by atoms with van der Waals surface area (Å²) in [7, 11) is 1.88. The van der Waals surface area contributed by atoms with E-state index < -0.39 is 0 Å². The van der Waals surface area contributed by atoms with E-state index in [1.807, 2.05) is 11.9 Å². The molecule has 0 aliphatic heterocycles. The van der Waals surface area contributed by atoms with Gasteiger partial charge < -0.3 is 14.6 Å². The van der Waals surface area contributed by atoms with Gasteiger partial charge in [0.15, 0.2) is 0 Å². The molecule has 1 N–H and O–H groups in total. The summed E-state index contributed by atoms with van der Waals surface area (Å²) < 4.78 is 5.60. The van der Waals surface area contributed by atoms with Crippen molar-refractivity contribution in [2.45, 2.75) is 43.4 Å². The molecule has 33 heavy (non-hydrogen) atoms. The number of thioether (sulfide) groups is 1. The summed E-state index contributed by atoms with van der Waals surface area (Å²) in [4.78, 5) is 26.9. The summed E-state index contributed by atoms with van der Waals surface area (Å²) in [5.41, 5.74) is 2.01. The molecule has 1 fully saturated rings. The molecule has 2 aromatic carbocycles. The molecule has 172 valence electrons. The Morgan fingerprint density at radius 2 is 1.76 bits per heavy atom. The number of halogens is 1. The summed E-state index contributed by atoms with van der Waals surface area (Å²) in [6, 6.07) is 14.4. The molecule has 9 heteroatoms. The number of hydrogen-bond donors (Lipinski definition) is 1. The third-order valence-corrected chi connectivity index (χ3v) is 6.75. The maximum Gasteiger partial charge on any atom is 0.277 e.